The van der Waals surface area contributed by atoms with Gasteiger partial charge in [-0.1, -0.05) is 48.6 Å². The summed E-state index contributed by atoms with van der Waals surface area (Å²) >= 11 is 0. The van der Waals surface area contributed by atoms with Crippen LogP contribution < -0.4 is 0 Å². The van der Waals surface area contributed by atoms with Crippen LogP contribution in [0.3, 0.4) is 0 Å². The number of carboxylic acids is 1. The van der Waals surface area contributed by atoms with E-state index in [4.69, 9.17) is 14.4 Å². The monoisotopic (exact) mass is 326 g/mol. The summed E-state index contributed by atoms with van der Waals surface area (Å²) in [6.45, 7) is 8.04. The van der Waals surface area contributed by atoms with Crippen molar-refractivity contribution in [2.75, 3.05) is 0 Å². The van der Waals surface area contributed by atoms with Gasteiger partial charge in [0.25, 0.3) is 0 Å². The van der Waals surface area contributed by atoms with Crippen LogP contribution in [-0.2, 0) is 14.1 Å². The summed E-state index contributed by atoms with van der Waals surface area (Å²) in [5.74, 6) is -0.966. The molecule has 0 bridgehead atoms. The lowest BCUT2D eigenvalue weighted by atomic mass is 9.77. The van der Waals surface area contributed by atoms with Crippen LogP contribution in [0.25, 0.3) is 0 Å². The quantitative estimate of drug-likeness (QED) is 0.785. The van der Waals surface area contributed by atoms with Crippen LogP contribution in [0.1, 0.15) is 27.7 Å². The second kappa shape index (κ2) is 7.20. The maximum atomic E-state index is 11.1. The molecule has 0 saturated carbocycles. The van der Waals surface area contributed by atoms with Crippen molar-refractivity contribution in [2.24, 2.45) is 0 Å². The van der Waals surface area contributed by atoms with Crippen LogP contribution in [0.15, 0.2) is 71.8 Å². The first-order valence-corrected chi connectivity index (χ1v) is 7.92. The minimum atomic E-state index is -0.966. The van der Waals surface area contributed by atoms with E-state index in [0.717, 1.165) is 5.47 Å². The van der Waals surface area contributed by atoms with E-state index < -0.39 is 24.3 Å². The van der Waals surface area contributed by atoms with E-state index in [-0.39, 0.29) is 5.57 Å². The lowest BCUT2D eigenvalue weighted by Crippen LogP contribution is -2.41. The molecule has 4 nitrogen and oxygen atoms in total. The van der Waals surface area contributed by atoms with E-state index in [1.54, 1.807) is 36.5 Å². The lowest BCUT2D eigenvalue weighted by molar-refractivity contribution is -0.132. The summed E-state index contributed by atoms with van der Waals surface area (Å²) in [4.78, 5) is 11.1. The summed E-state index contributed by atoms with van der Waals surface area (Å²) < 4.78 is 12.1. The van der Waals surface area contributed by atoms with Crippen LogP contribution >= 0.6 is 0 Å². The number of carbonyl (C=O) groups is 1. The number of carboxylic acid groups (broad SMARTS) is 1. The molecule has 2 aliphatic rings. The normalized spacial score (nSPS) is 32.2. The molecule has 0 radical (unpaired) electrons. The molecule has 0 aromatic heterocycles. The molecular formula is C19H23BO4. The summed E-state index contributed by atoms with van der Waals surface area (Å²) in [7, 11) is -0.467. The van der Waals surface area contributed by atoms with E-state index in [1.165, 1.54) is 0 Å². The van der Waals surface area contributed by atoms with Gasteiger partial charge in [-0.2, -0.15) is 0 Å². The summed E-state index contributed by atoms with van der Waals surface area (Å²) in [6, 6.07) is 0. The Kier molecular flexibility index (Phi) is 5.47. The highest BCUT2D eigenvalue weighted by Crippen LogP contribution is 2.38. The van der Waals surface area contributed by atoms with Gasteiger partial charge in [0.15, 0.2) is 0 Å². The SMILES string of the molecule is CC1(C)OB(C2=C/C=C\C=C/C=C(C(=O)O)\C=C/C=C\2)OC1(C)C. The third-order valence-electron chi connectivity index (χ3n) is 4.35. The highest BCUT2D eigenvalue weighted by Gasteiger charge is 2.51. The number of hydrogen-bond donors (Lipinski definition) is 1. The van der Waals surface area contributed by atoms with Gasteiger partial charge in [0.1, 0.15) is 0 Å². The van der Waals surface area contributed by atoms with Gasteiger partial charge in [-0.25, -0.2) is 4.79 Å². The van der Waals surface area contributed by atoms with Crippen molar-refractivity contribution < 1.29 is 19.2 Å². The first-order chi connectivity index (χ1) is 11.2. The molecule has 1 aliphatic carbocycles. The van der Waals surface area contributed by atoms with Crippen LogP contribution in [0, 0.1) is 0 Å². The minimum absolute atomic E-state index is 0.214. The van der Waals surface area contributed by atoms with Crippen molar-refractivity contribution in [3.63, 3.8) is 0 Å². The molecule has 1 saturated heterocycles. The molecule has 1 aliphatic heterocycles. The fourth-order valence-corrected chi connectivity index (χ4v) is 2.17. The molecule has 1 fully saturated rings. The second-order valence-corrected chi connectivity index (χ2v) is 6.67. The maximum Gasteiger partial charge on any atom is 0.494 e. The Hall–Kier alpha value is -2.11. The third-order valence-corrected chi connectivity index (χ3v) is 4.35. The predicted octanol–water partition coefficient (Wildman–Crippen LogP) is 3.79. The third kappa shape index (κ3) is 4.25. The molecule has 5 heteroatoms. The molecule has 0 atom stereocenters. The molecule has 0 aromatic carbocycles. The smallest absolute Gasteiger partial charge is 0.478 e. The molecule has 0 amide bonds. The zero-order valence-corrected chi connectivity index (χ0v) is 14.5. The van der Waals surface area contributed by atoms with Crippen molar-refractivity contribution in [1.29, 1.82) is 0 Å². The predicted molar refractivity (Wildman–Crippen MR) is 96.4 cm³/mol. The molecule has 1 heterocycles. The maximum absolute atomic E-state index is 11.1. The van der Waals surface area contributed by atoms with Crippen molar-refractivity contribution in [2.45, 2.75) is 38.9 Å². The van der Waals surface area contributed by atoms with Crippen molar-refractivity contribution in [1.82, 2.24) is 0 Å². The Labute approximate surface area is 143 Å². The molecular weight excluding hydrogens is 303 g/mol. The first kappa shape index (κ1) is 18.2. The van der Waals surface area contributed by atoms with Crippen LogP contribution in [0.4, 0.5) is 0 Å². The number of aliphatic carboxylic acids is 1. The van der Waals surface area contributed by atoms with Gasteiger partial charge in [0.2, 0.25) is 0 Å². The Morgan fingerprint density at radius 1 is 0.875 bits per heavy atom. The van der Waals surface area contributed by atoms with Gasteiger partial charge in [0.05, 0.1) is 16.8 Å². The topological polar surface area (TPSA) is 55.8 Å². The van der Waals surface area contributed by atoms with Crippen LogP contribution in [0.5, 0.6) is 0 Å². The number of allylic oxidation sites excluding steroid dienone is 10. The number of hydrogen-bond acceptors (Lipinski definition) is 3. The Morgan fingerprint density at radius 3 is 2.00 bits per heavy atom. The van der Waals surface area contributed by atoms with Gasteiger partial charge in [-0.05, 0) is 45.3 Å². The highest BCUT2D eigenvalue weighted by molar-refractivity contribution is 6.55. The van der Waals surface area contributed by atoms with Crippen LogP contribution in [0.2, 0.25) is 0 Å². The van der Waals surface area contributed by atoms with Gasteiger partial charge < -0.3 is 14.4 Å². The average Bonchev–Trinajstić information content (AvgIpc) is 2.67. The second-order valence-electron chi connectivity index (χ2n) is 6.67. The average molecular weight is 326 g/mol. The van der Waals surface area contributed by atoms with Crippen LogP contribution in [-0.4, -0.2) is 29.4 Å². The van der Waals surface area contributed by atoms with E-state index >= 15 is 0 Å². The lowest BCUT2D eigenvalue weighted by Gasteiger charge is -2.32. The Balaban J connectivity index is 2.27. The fraction of sp³-hybridized carbons (Fsp3) is 0.316. The summed E-state index contributed by atoms with van der Waals surface area (Å²) in [5.41, 5.74) is 0.263. The van der Waals surface area contributed by atoms with E-state index in [2.05, 4.69) is 0 Å². The van der Waals surface area contributed by atoms with Crippen molar-refractivity contribution >= 4 is 13.1 Å². The molecule has 1 N–H and O–H groups in total. The van der Waals surface area contributed by atoms with E-state index in [1.807, 2.05) is 52.0 Å². The molecule has 2 rings (SSSR count). The van der Waals surface area contributed by atoms with Gasteiger partial charge in [0, 0.05) is 0 Å². The molecule has 126 valence electrons. The van der Waals surface area contributed by atoms with E-state index in [9.17, 15) is 4.79 Å². The Morgan fingerprint density at radius 2 is 1.42 bits per heavy atom. The first-order valence-electron chi connectivity index (χ1n) is 7.92. The van der Waals surface area contributed by atoms with Gasteiger partial charge >= 0.3 is 13.1 Å². The highest BCUT2D eigenvalue weighted by atomic mass is 16.7. The summed E-state index contributed by atoms with van der Waals surface area (Å²) in [5, 5.41) is 9.14. The van der Waals surface area contributed by atoms with Crippen molar-refractivity contribution in [3.05, 3.63) is 71.8 Å². The number of rotatable bonds is 2. The summed E-state index contributed by atoms with van der Waals surface area (Å²) in [6.07, 6.45) is 17.6. The molecule has 24 heavy (non-hydrogen) atoms. The standard InChI is InChI=1S/C19H23BO4/c1-18(2)19(3,4)24-20(23-18)16-13-8-6-5-7-11-15(17(21)22)12-9-10-14-16/h5-14H,1-4H3,(H,21,22)/b6-5?,7-5-,8-6-,10-9?,11-7?,12-9-,13-8?,14-10-,15-11+,15-12?,16-13+,16-14?. The minimum Gasteiger partial charge on any atom is -0.478 e. The zero-order valence-electron chi connectivity index (χ0n) is 14.5. The Bertz CT molecular complexity index is 659. The van der Waals surface area contributed by atoms with E-state index in [0.29, 0.717) is 0 Å². The largest absolute Gasteiger partial charge is 0.494 e. The molecule has 0 spiro atoms. The van der Waals surface area contributed by atoms with Gasteiger partial charge in [-0.3, -0.25) is 0 Å². The zero-order chi connectivity index (χ0) is 17.8. The molecule has 0 unspecified atom stereocenters. The fourth-order valence-electron chi connectivity index (χ4n) is 2.17. The van der Waals surface area contributed by atoms with Crippen molar-refractivity contribution in [3.8, 4) is 0 Å². The van der Waals surface area contributed by atoms with Gasteiger partial charge in [-0.15, -0.1) is 0 Å². The molecule has 0 aromatic rings.